The van der Waals surface area contributed by atoms with Crippen LogP contribution in [0, 0.1) is 6.92 Å². The molecule has 0 unspecified atom stereocenters. The van der Waals surface area contributed by atoms with Gasteiger partial charge >= 0.3 is 6.18 Å². The number of alkyl halides is 3. The summed E-state index contributed by atoms with van der Waals surface area (Å²) in [4.78, 5) is 20.9. The van der Waals surface area contributed by atoms with Gasteiger partial charge in [0.1, 0.15) is 17.9 Å². The number of carbonyl (C=O) groups excluding carboxylic acids is 1. The zero-order chi connectivity index (χ0) is 26.5. The molecule has 0 fully saturated rings. The van der Waals surface area contributed by atoms with Crippen molar-refractivity contribution in [3.8, 4) is 0 Å². The molecule has 13 heteroatoms. The van der Waals surface area contributed by atoms with E-state index in [1.807, 2.05) is 0 Å². The average Bonchev–Trinajstić information content (AvgIpc) is 2.80. The Labute approximate surface area is 205 Å². The Hall–Kier alpha value is -3.71. The van der Waals surface area contributed by atoms with Crippen LogP contribution < -0.4 is 16.0 Å². The van der Waals surface area contributed by atoms with Gasteiger partial charge in [-0.15, -0.1) is 0 Å². The number of anilines is 3. The third kappa shape index (κ3) is 7.15. The maximum Gasteiger partial charge on any atom is 0.405 e. The fourth-order valence-electron chi connectivity index (χ4n) is 3.35. The molecule has 9 nitrogen and oxygen atoms in total. The Morgan fingerprint density at radius 1 is 1.14 bits per heavy atom. The number of nitrogens with one attached hydrogen (secondary N) is 3. The van der Waals surface area contributed by atoms with Crippen molar-refractivity contribution in [3.63, 3.8) is 0 Å². The topological polar surface area (TPSA) is 133 Å². The van der Waals surface area contributed by atoms with Crippen molar-refractivity contribution in [1.29, 1.82) is 0 Å². The van der Waals surface area contributed by atoms with Gasteiger partial charge in [0.15, 0.2) is 9.84 Å². The molecule has 1 amide bonds. The second-order valence-corrected chi connectivity index (χ2v) is 9.91. The highest BCUT2D eigenvalue weighted by molar-refractivity contribution is 7.90. The monoisotopic (exact) mass is 523 g/mol. The van der Waals surface area contributed by atoms with Crippen molar-refractivity contribution >= 4 is 33.2 Å². The Bertz CT molecular complexity index is 1340. The number of rotatable bonds is 9. The van der Waals surface area contributed by atoms with Gasteiger partial charge in [-0.1, -0.05) is 30.3 Å². The maximum absolute atomic E-state index is 12.6. The number of aryl methyl sites for hydroxylation is 1. The van der Waals surface area contributed by atoms with E-state index in [0.29, 0.717) is 16.8 Å². The average molecular weight is 524 g/mol. The zero-order valence-corrected chi connectivity index (χ0v) is 20.1. The van der Waals surface area contributed by atoms with Crippen molar-refractivity contribution in [2.24, 2.45) is 0 Å². The van der Waals surface area contributed by atoms with E-state index >= 15 is 0 Å². The Kier molecular flexibility index (Phi) is 8.15. The smallest absolute Gasteiger partial charge is 0.394 e. The molecule has 36 heavy (non-hydrogen) atoms. The second kappa shape index (κ2) is 10.9. The molecule has 3 rings (SSSR count). The minimum atomic E-state index is -4.61. The largest absolute Gasteiger partial charge is 0.405 e. The highest BCUT2D eigenvalue weighted by Gasteiger charge is 2.29. The van der Waals surface area contributed by atoms with Crippen LogP contribution in [0.2, 0.25) is 0 Å². The van der Waals surface area contributed by atoms with E-state index < -0.39 is 41.1 Å². The molecule has 0 saturated heterocycles. The summed E-state index contributed by atoms with van der Waals surface area (Å²) in [6, 6.07) is 12.5. The van der Waals surface area contributed by atoms with Crippen LogP contribution in [0.1, 0.15) is 27.5 Å². The number of halogens is 3. The van der Waals surface area contributed by atoms with E-state index in [1.165, 1.54) is 12.1 Å². The summed E-state index contributed by atoms with van der Waals surface area (Å²) in [7, 11) is -3.42. The van der Waals surface area contributed by atoms with Gasteiger partial charge in [0, 0.05) is 18.1 Å². The van der Waals surface area contributed by atoms with Crippen molar-refractivity contribution in [2.75, 3.05) is 30.0 Å². The minimum absolute atomic E-state index is 0.0128. The Balaban J connectivity index is 1.94. The van der Waals surface area contributed by atoms with E-state index in [1.54, 1.807) is 48.6 Å². The van der Waals surface area contributed by atoms with E-state index in [9.17, 15) is 31.5 Å². The molecule has 3 aromatic rings. The van der Waals surface area contributed by atoms with E-state index in [2.05, 4.69) is 20.6 Å². The minimum Gasteiger partial charge on any atom is -0.394 e. The molecule has 1 heterocycles. The van der Waals surface area contributed by atoms with E-state index in [4.69, 9.17) is 0 Å². The number of hydrogen-bond donors (Lipinski definition) is 4. The summed E-state index contributed by atoms with van der Waals surface area (Å²) in [6.45, 7) is -0.318. The van der Waals surface area contributed by atoms with Crippen LogP contribution in [0.15, 0.2) is 59.6 Å². The molecule has 0 radical (unpaired) electrons. The molecule has 0 bridgehead atoms. The number of nitrogens with zero attached hydrogens (tertiary/aromatic N) is 2. The lowest BCUT2D eigenvalue weighted by Gasteiger charge is -2.20. The number of aromatic nitrogens is 2. The van der Waals surface area contributed by atoms with Crippen LogP contribution in [-0.2, 0) is 9.84 Å². The van der Waals surface area contributed by atoms with Gasteiger partial charge in [-0.25, -0.2) is 13.4 Å². The van der Waals surface area contributed by atoms with Crippen molar-refractivity contribution in [3.05, 3.63) is 71.4 Å². The Morgan fingerprint density at radius 2 is 1.83 bits per heavy atom. The van der Waals surface area contributed by atoms with Gasteiger partial charge in [-0.3, -0.25) is 4.79 Å². The molecule has 2 aromatic carbocycles. The number of benzene rings is 2. The molecule has 1 aromatic heterocycles. The van der Waals surface area contributed by atoms with Gasteiger partial charge < -0.3 is 21.1 Å². The molecule has 1 atom stereocenters. The molecular formula is C23H24F3N5O4S. The van der Waals surface area contributed by atoms with Gasteiger partial charge in [0.05, 0.1) is 17.5 Å². The first kappa shape index (κ1) is 26.9. The molecular weight excluding hydrogens is 499 g/mol. The summed E-state index contributed by atoms with van der Waals surface area (Å²) in [5.74, 6) is -1.18. The summed E-state index contributed by atoms with van der Waals surface area (Å²) in [6.07, 6.45) is -2.46. The third-order valence-corrected chi connectivity index (χ3v) is 6.27. The molecule has 192 valence electrons. The summed E-state index contributed by atoms with van der Waals surface area (Å²) >= 11 is 0. The van der Waals surface area contributed by atoms with Crippen LogP contribution in [0.25, 0.3) is 0 Å². The molecule has 0 aliphatic heterocycles. The number of aliphatic hydroxyl groups excluding tert-OH is 1. The molecule has 0 saturated carbocycles. The van der Waals surface area contributed by atoms with Crippen molar-refractivity contribution in [1.82, 2.24) is 15.3 Å². The molecule has 0 aliphatic rings. The summed E-state index contributed by atoms with van der Waals surface area (Å²) in [5, 5.41) is 17.5. The van der Waals surface area contributed by atoms with Crippen LogP contribution in [-0.4, -0.2) is 55.0 Å². The van der Waals surface area contributed by atoms with Gasteiger partial charge in [-0.2, -0.15) is 18.2 Å². The van der Waals surface area contributed by atoms with Crippen molar-refractivity contribution in [2.45, 2.75) is 24.0 Å². The number of aliphatic hydroxyl groups is 1. The predicted molar refractivity (Wildman–Crippen MR) is 128 cm³/mol. The lowest BCUT2D eigenvalue weighted by atomic mass is 10.1. The standard InChI is InChI=1S/C23H24F3N5O4S/c1-14-10-16(8-9-19(14)36(2,34)35)29-22-27-11-17(21(33)28-13-23(24,25)26)20(31-22)30-18(12-32)15-6-4-3-5-7-15/h3-11,18,32H,12-13H2,1-2H3,(H,28,33)(H2,27,29,30,31)/t18-/m1/s1. The van der Waals surface area contributed by atoms with E-state index in [-0.39, 0.29) is 22.2 Å². The van der Waals surface area contributed by atoms with Crippen LogP contribution in [0.4, 0.5) is 30.6 Å². The number of hydrogen-bond acceptors (Lipinski definition) is 8. The first-order valence-electron chi connectivity index (χ1n) is 10.6. The molecule has 4 N–H and O–H groups in total. The number of sulfone groups is 1. The zero-order valence-electron chi connectivity index (χ0n) is 19.3. The SMILES string of the molecule is Cc1cc(Nc2ncc(C(=O)NCC(F)(F)F)c(N[C@H](CO)c3ccccc3)n2)ccc1S(C)(=O)=O. The van der Waals surface area contributed by atoms with E-state index in [0.717, 1.165) is 12.5 Å². The quantitative estimate of drug-likeness (QED) is 0.336. The van der Waals surface area contributed by atoms with Gasteiger partial charge in [0.25, 0.3) is 5.91 Å². The highest BCUT2D eigenvalue weighted by Crippen LogP contribution is 2.25. The highest BCUT2D eigenvalue weighted by atomic mass is 32.2. The van der Waals surface area contributed by atoms with Crippen molar-refractivity contribution < 1.29 is 31.5 Å². The normalized spacial score (nSPS) is 12.6. The van der Waals surface area contributed by atoms with Crippen LogP contribution in [0.5, 0.6) is 0 Å². The first-order valence-corrected chi connectivity index (χ1v) is 12.5. The van der Waals surface area contributed by atoms with Crippen LogP contribution >= 0.6 is 0 Å². The lowest BCUT2D eigenvalue weighted by Crippen LogP contribution is -2.34. The predicted octanol–water partition coefficient (Wildman–Crippen LogP) is 3.37. The lowest BCUT2D eigenvalue weighted by molar-refractivity contribution is -0.123. The van der Waals surface area contributed by atoms with Gasteiger partial charge in [0.2, 0.25) is 5.95 Å². The molecule has 0 spiro atoms. The number of carbonyl (C=O) groups is 1. The fourth-order valence-corrected chi connectivity index (χ4v) is 4.31. The maximum atomic E-state index is 12.6. The fraction of sp³-hybridized carbons (Fsp3) is 0.261. The first-order chi connectivity index (χ1) is 16.9. The summed E-state index contributed by atoms with van der Waals surface area (Å²) < 4.78 is 61.6. The molecule has 0 aliphatic carbocycles. The Morgan fingerprint density at radius 3 is 2.42 bits per heavy atom. The third-order valence-electron chi connectivity index (χ3n) is 5.01. The summed E-state index contributed by atoms with van der Waals surface area (Å²) in [5.41, 5.74) is 1.32. The number of amides is 1. The second-order valence-electron chi connectivity index (χ2n) is 7.92. The van der Waals surface area contributed by atoms with Gasteiger partial charge in [-0.05, 0) is 36.2 Å². The van der Waals surface area contributed by atoms with Crippen LogP contribution in [0.3, 0.4) is 0 Å².